The van der Waals surface area contributed by atoms with Crippen LogP contribution < -0.4 is 29.6 Å². The zero-order valence-corrected chi connectivity index (χ0v) is 16.7. The standard InChI is InChI=1S/C18H34O3.Na/c1-2-3-4-11-14-17(19)15-12-9-7-5-6-8-10-13-16-18(20)21;/h9,12,17,19H,2-8,10-11,13-16H2,1H3,(H,20,21);/q;+1/b12-9-;. The molecule has 22 heavy (non-hydrogen) atoms. The number of hydrogen-bond donors (Lipinski definition) is 2. The van der Waals surface area contributed by atoms with E-state index in [-0.39, 0.29) is 35.7 Å². The number of carboxylic acid groups (broad SMARTS) is 1. The largest absolute Gasteiger partial charge is 1.00 e. The number of aliphatic carboxylic acids is 1. The molecule has 0 fully saturated rings. The quantitative estimate of drug-likeness (QED) is 0.276. The fourth-order valence-corrected chi connectivity index (χ4v) is 2.36. The molecule has 0 bridgehead atoms. The van der Waals surface area contributed by atoms with Gasteiger partial charge in [0.1, 0.15) is 0 Å². The average Bonchev–Trinajstić information content (AvgIpc) is 2.45. The minimum Gasteiger partial charge on any atom is -0.481 e. The first-order valence-electron chi connectivity index (χ1n) is 8.71. The molecule has 0 rings (SSSR count). The summed E-state index contributed by atoms with van der Waals surface area (Å²) in [5.74, 6) is -0.689. The van der Waals surface area contributed by atoms with E-state index in [9.17, 15) is 9.90 Å². The molecule has 4 heteroatoms. The molecule has 0 amide bonds. The summed E-state index contributed by atoms with van der Waals surface area (Å²) in [5.41, 5.74) is 0. The summed E-state index contributed by atoms with van der Waals surface area (Å²) >= 11 is 0. The maximum absolute atomic E-state index is 10.3. The fraction of sp³-hybridized carbons (Fsp3) is 0.833. The molecule has 0 aliphatic heterocycles. The first-order valence-corrected chi connectivity index (χ1v) is 8.71. The smallest absolute Gasteiger partial charge is 0.481 e. The van der Waals surface area contributed by atoms with Crippen molar-refractivity contribution in [2.75, 3.05) is 0 Å². The Balaban J connectivity index is 0. The Morgan fingerprint density at radius 2 is 1.59 bits per heavy atom. The predicted molar refractivity (Wildman–Crippen MR) is 88.5 cm³/mol. The van der Waals surface area contributed by atoms with Gasteiger partial charge in [0.25, 0.3) is 0 Å². The average molecular weight is 321 g/mol. The summed E-state index contributed by atoms with van der Waals surface area (Å²) in [6, 6.07) is 0. The van der Waals surface area contributed by atoms with Crippen LogP contribution in [0.5, 0.6) is 0 Å². The third-order valence-electron chi connectivity index (χ3n) is 3.73. The number of rotatable bonds is 15. The molecule has 0 saturated heterocycles. The van der Waals surface area contributed by atoms with Gasteiger partial charge in [-0.2, -0.15) is 0 Å². The van der Waals surface area contributed by atoms with Crippen LogP contribution in [-0.4, -0.2) is 22.3 Å². The van der Waals surface area contributed by atoms with Crippen LogP contribution in [0.15, 0.2) is 12.2 Å². The first-order chi connectivity index (χ1) is 10.2. The van der Waals surface area contributed by atoms with Gasteiger partial charge in [-0.05, 0) is 32.1 Å². The monoisotopic (exact) mass is 321 g/mol. The second kappa shape index (κ2) is 19.2. The molecule has 0 aromatic carbocycles. The van der Waals surface area contributed by atoms with Crippen molar-refractivity contribution in [2.24, 2.45) is 0 Å². The second-order valence-electron chi connectivity index (χ2n) is 5.91. The third kappa shape index (κ3) is 20.2. The summed E-state index contributed by atoms with van der Waals surface area (Å²) in [5, 5.41) is 18.3. The van der Waals surface area contributed by atoms with E-state index in [0.717, 1.165) is 51.4 Å². The maximum atomic E-state index is 10.3. The van der Waals surface area contributed by atoms with Crippen molar-refractivity contribution in [1.82, 2.24) is 0 Å². The van der Waals surface area contributed by atoms with Crippen LogP contribution in [0.25, 0.3) is 0 Å². The van der Waals surface area contributed by atoms with Gasteiger partial charge in [-0.15, -0.1) is 0 Å². The molecule has 0 radical (unpaired) electrons. The number of aliphatic hydroxyl groups is 1. The molecular formula is C18H34NaO3+. The topological polar surface area (TPSA) is 57.5 Å². The maximum Gasteiger partial charge on any atom is 1.00 e. The van der Waals surface area contributed by atoms with Crippen molar-refractivity contribution in [2.45, 2.75) is 96.5 Å². The third-order valence-corrected chi connectivity index (χ3v) is 3.73. The van der Waals surface area contributed by atoms with Gasteiger partial charge in [0.15, 0.2) is 0 Å². The first kappa shape index (κ1) is 24.4. The van der Waals surface area contributed by atoms with Gasteiger partial charge in [-0.3, -0.25) is 4.79 Å². The summed E-state index contributed by atoms with van der Waals surface area (Å²) in [6.45, 7) is 2.20. The Bertz CT molecular complexity index is 267. The van der Waals surface area contributed by atoms with Crippen molar-refractivity contribution in [3.63, 3.8) is 0 Å². The molecule has 1 atom stereocenters. The Labute approximate surface area is 158 Å². The number of unbranched alkanes of at least 4 members (excludes halogenated alkanes) is 8. The van der Waals surface area contributed by atoms with Gasteiger partial charge in [-0.1, -0.05) is 64.0 Å². The van der Waals surface area contributed by atoms with Gasteiger partial charge in [-0.25, -0.2) is 0 Å². The molecule has 0 aliphatic rings. The Hall–Kier alpha value is 0.170. The Morgan fingerprint density at radius 3 is 2.27 bits per heavy atom. The summed E-state index contributed by atoms with van der Waals surface area (Å²) < 4.78 is 0. The Kier molecular flexibility index (Phi) is 21.3. The Morgan fingerprint density at radius 1 is 0.955 bits per heavy atom. The fourth-order valence-electron chi connectivity index (χ4n) is 2.36. The zero-order valence-electron chi connectivity index (χ0n) is 14.7. The summed E-state index contributed by atoms with van der Waals surface area (Å²) in [7, 11) is 0. The molecule has 0 aliphatic carbocycles. The van der Waals surface area contributed by atoms with E-state index in [1.54, 1.807) is 0 Å². The van der Waals surface area contributed by atoms with Crippen LogP contribution in [0.4, 0.5) is 0 Å². The minimum atomic E-state index is -0.689. The molecule has 1 unspecified atom stereocenters. The van der Waals surface area contributed by atoms with E-state index in [1.807, 2.05) is 0 Å². The van der Waals surface area contributed by atoms with Crippen LogP contribution >= 0.6 is 0 Å². The molecule has 124 valence electrons. The van der Waals surface area contributed by atoms with Gasteiger partial charge in [0.05, 0.1) is 6.10 Å². The van der Waals surface area contributed by atoms with E-state index in [1.165, 1.54) is 25.7 Å². The van der Waals surface area contributed by atoms with Crippen molar-refractivity contribution in [3.8, 4) is 0 Å². The number of allylic oxidation sites excluding steroid dienone is 1. The number of aliphatic hydroxyl groups excluding tert-OH is 1. The van der Waals surface area contributed by atoms with E-state index < -0.39 is 5.97 Å². The van der Waals surface area contributed by atoms with Crippen molar-refractivity contribution in [3.05, 3.63) is 12.2 Å². The van der Waals surface area contributed by atoms with Gasteiger partial charge in [0.2, 0.25) is 0 Å². The molecule has 2 N–H and O–H groups in total. The van der Waals surface area contributed by atoms with E-state index in [2.05, 4.69) is 19.1 Å². The van der Waals surface area contributed by atoms with Gasteiger partial charge >= 0.3 is 35.5 Å². The SMILES string of the molecule is CCCCCCC(O)C/C=C\CCCCCCCC(=O)O.[Na+]. The normalized spacial score (nSPS) is 12.3. The van der Waals surface area contributed by atoms with Crippen LogP contribution in [0, 0.1) is 0 Å². The molecule has 0 aromatic rings. The van der Waals surface area contributed by atoms with Gasteiger partial charge in [0, 0.05) is 6.42 Å². The number of carbonyl (C=O) groups is 1. The van der Waals surface area contributed by atoms with E-state index >= 15 is 0 Å². The van der Waals surface area contributed by atoms with Crippen LogP contribution in [0.2, 0.25) is 0 Å². The van der Waals surface area contributed by atoms with Crippen molar-refractivity contribution < 1.29 is 44.6 Å². The van der Waals surface area contributed by atoms with Crippen molar-refractivity contribution in [1.29, 1.82) is 0 Å². The predicted octanol–water partition coefficient (Wildman–Crippen LogP) is 2.08. The zero-order chi connectivity index (χ0) is 15.8. The number of hydrogen-bond acceptors (Lipinski definition) is 2. The van der Waals surface area contributed by atoms with Crippen molar-refractivity contribution >= 4 is 5.97 Å². The van der Waals surface area contributed by atoms with Crippen LogP contribution in [0.3, 0.4) is 0 Å². The summed E-state index contributed by atoms with van der Waals surface area (Å²) in [4.78, 5) is 10.3. The molecular weight excluding hydrogens is 287 g/mol. The molecule has 0 spiro atoms. The second-order valence-corrected chi connectivity index (χ2v) is 5.91. The molecule has 0 heterocycles. The minimum absolute atomic E-state index is 0. The number of carboxylic acids is 1. The van der Waals surface area contributed by atoms with Crippen LogP contribution in [-0.2, 0) is 4.79 Å². The molecule has 3 nitrogen and oxygen atoms in total. The molecule has 0 aromatic heterocycles. The molecule has 0 saturated carbocycles. The van der Waals surface area contributed by atoms with E-state index in [0.29, 0.717) is 6.42 Å². The van der Waals surface area contributed by atoms with E-state index in [4.69, 9.17) is 5.11 Å². The van der Waals surface area contributed by atoms with Crippen LogP contribution in [0.1, 0.15) is 90.4 Å². The van der Waals surface area contributed by atoms with Gasteiger partial charge < -0.3 is 10.2 Å². The summed E-state index contributed by atoms with van der Waals surface area (Å²) in [6.07, 6.45) is 17.4.